The van der Waals surface area contributed by atoms with Crippen LogP contribution >= 0.6 is 0 Å². The first-order valence-electron chi connectivity index (χ1n) is 6.36. The van der Waals surface area contributed by atoms with Crippen molar-refractivity contribution in [1.29, 1.82) is 0 Å². The molecule has 19 heavy (non-hydrogen) atoms. The number of hydrogen-bond acceptors (Lipinski definition) is 4. The molecule has 1 aromatic rings. The van der Waals surface area contributed by atoms with Crippen LogP contribution < -0.4 is 10.6 Å². The largest absolute Gasteiger partial charge is 0.508 e. The lowest BCUT2D eigenvalue weighted by molar-refractivity contribution is -0.134. The second-order valence-electron chi connectivity index (χ2n) is 4.95. The highest BCUT2D eigenvalue weighted by molar-refractivity contribution is 6.00. The fourth-order valence-electron chi connectivity index (χ4n) is 2.26. The Morgan fingerprint density at radius 3 is 2.84 bits per heavy atom. The van der Waals surface area contributed by atoms with Crippen molar-refractivity contribution in [2.24, 2.45) is 0 Å². The maximum Gasteiger partial charge on any atom is 0.243 e. The minimum atomic E-state index is -0.396. The van der Waals surface area contributed by atoms with E-state index in [1.807, 2.05) is 26.0 Å². The topological polar surface area (TPSA) is 78.4 Å². The van der Waals surface area contributed by atoms with Gasteiger partial charge in [0.15, 0.2) is 0 Å². The summed E-state index contributed by atoms with van der Waals surface area (Å²) in [6.45, 7) is 3.83. The Labute approximate surface area is 112 Å². The molecule has 2 atom stereocenters. The fourth-order valence-corrected chi connectivity index (χ4v) is 2.26. The van der Waals surface area contributed by atoms with Crippen molar-refractivity contribution in [3.05, 3.63) is 29.3 Å². The minimum Gasteiger partial charge on any atom is -0.508 e. The number of phenolic OH excluding ortho intramolecular Hbond substituents is 1. The molecule has 1 aromatic carbocycles. The Morgan fingerprint density at radius 1 is 1.42 bits per heavy atom. The van der Waals surface area contributed by atoms with Gasteiger partial charge in [0, 0.05) is 18.0 Å². The number of benzene rings is 1. The Kier molecular flexibility index (Phi) is 3.85. The summed E-state index contributed by atoms with van der Waals surface area (Å²) in [7, 11) is 0. The summed E-state index contributed by atoms with van der Waals surface area (Å²) in [6, 6.07) is 4.81. The molecule has 102 valence electrons. The molecule has 2 amide bonds. The molecule has 0 aromatic heterocycles. The number of carbonyl (C=O) groups is 2. The van der Waals surface area contributed by atoms with Crippen LogP contribution in [-0.4, -0.2) is 23.0 Å². The molecule has 0 spiro atoms. The molecular weight excluding hydrogens is 244 g/mol. The molecule has 1 fully saturated rings. The highest BCUT2D eigenvalue weighted by atomic mass is 16.3. The molecule has 3 N–H and O–H groups in total. The van der Waals surface area contributed by atoms with Crippen LogP contribution in [0.4, 0.5) is 0 Å². The summed E-state index contributed by atoms with van der Waals surface area (Å²) in [5.41, 5.74) is 1.80. The molecule has 5 nitrogen and oxygen atoms in total. The average Bonchev–Trinajstić information content (AvgIpc) is 2.35. The number of aryl methyl sites for hydroxylation is 1. The average molecular weight is 262 g/mol. The maximum absolute atomic E-state index is 11.7. The Hall–Kier alpha value is -1.88. The lowest BCUT2D eigenvalue weighted by Crippen LogP contribution is -2.51. The molecule has 0 aliphatic carbocycles. The smallest absolute Gasteiger partial charge is 0.243 e. The van der Waals surface area contributed by atoms with Gasteiger partial charge in [0.25, 0.3) is 0 Å². The molecule has 0 bridgehead atoms. The van der Waals surface area contributed by atoms with Crippen LogP contribution in [-0.2, 0) is 9.59 Å². The Balaban J connectivity index is 2.08. The van der Waals surface area contributed by atoms with Crippen LogP contribution in [0.25, 0.3) is 0 Å². The van der Waals surface area contributed by atoms with Crippen molar-refractivity contribution in [2.75, 3.05) is 0 Å². The molecule has 1 aliphatic rings. The van der Waals surface area contributed by atoms with E-state index >= 15 is 0 Å². The van der Waals surface area contributed by atoms with E-state index in [1.165, 1.54) is 0 Å². The van der Waals surface area contributed by atoms with Gasteiger partial charge in [-0.25, -0.2) is 0 Å². The summed E-state index contributed by atoms with van der Waals surface area (Å²) in [5, 5.41) is 15.3. The first kappa shape index (κ1) is 13.5. The molecule has 2 unspecified atom stereocenters. The summed E-state index contributed by atoms with van der Waals surface area (Å²) in [4.78, 5) is 22.7. The zero-order valence-corrected chi connectivity index (χ0v) is 11.1. The Morgan fingerprint density at radius 2 is 2.16 bits per heavy atom. The third-order valence-electron chi connectivity index (χ3n) is 3.34. The number of nitrogens with one attached hydrogen (secondary N) is 2. The second kappa shape index (κ2) is 5.40. The van der Waals surface area contributed by atoms with Crippen LogP contribution in [0.5, 0.6) is 5.75 Å². The highest BCUT2D eigenvalue weighted by Crippen LogP contribution is 2.25. The SMILES string of the molecule is Cc1ccc(O)c(C(C)NC2CCC(=O)NC2=O)c1. The highest BCUT2D eigenvalue weighted by Gasteiger charge is 2.28. The predicted octanol–water partition coefficient (Wildman–Crippen LogP) is 1.16. The van der Waals surface area contributed by atoms with Crippen molar-refractivity contribution in [3.63, 3.8) is 0 Å². The number of hydrogen-bond donors (Lipinski definition) is 3. The molecule has 0 radical (unpaired) electrons. The molecular formula is C14H18N2O3. The van der Waals surface area contributed by atoms with Gasteiger partial charge in [0.1, 0.15) is 5.75 Å². The van der Waals surface area contributed by atoms with Gasteiger partial charge in [0.2, 0.25) is 11.8 Å². The van der Waals surface area contributed by atoms with Crippen LogP contribution in [0.2, 0.25) is 0 Å². The van der Waals surface area contributed by atoms with Gasteiger partial charge in [-0.15, -0.1) is 0 Å². The number of rotatable bonds is 3. The van der Waals surface area contributed by atoms with E-state index in [2.05, 4.69) is 10.6 Å². The van der Waals surface area contributed by atoms with Gasteiger partial charge in [-0.2, -0.15) is 0 Å². The summed E-state index contributed by atoms with van der Waals surface area (Å²) in [5.74, 6) is -0.317. The molecule has 5 heteroatoms. The van der Waals surface area contributed by atoms with Crippen LogP contribution in [0.15, 0.2) is 18.2 Å². The first-order valence-corrected chi connectivity index (χ1v) is 6.36. The summed E-state index contributed by atoms with van der Waals surface area (Å²) < 4.78 is 0. The van der Waals surface area contributed by atoms with Crippen LogP contribution in [0.3, 0.4) is 0 Å². The monoisotopic (exact) mass is 262 g/mol. The summed E-state index contributed by atoms with van der Waals surface area (Å²) in [6.07, 6.45) is 0.831. The molecule has 2 rings (SSSR count). The Bertz CT molecular complexity index is 513. The van der Waals surface area contributed by atoms with E-state index < -0.39 is 6.04 Å². The minimum absolute atomic E-state index is 0.163. The van der Waals surface area contributed by atoms with E-state index in [1.54, 1.807) is 6.07 Å². The van der Waals surface area contributed by atoms with Crippen LogP contribution in [0, 0.1) is 6.92 Å². The number of imide groups is 1. The molecule has 1 saturated heterocycles. The standard InChI is InChI=1S/C14H18N2O3/c1-8-3-5-12(17)10(7-8)9(2)15-11-4-6-13(18)16-14(11)19/h3,5,7,9,11,15,17H,4,6H2,1-2H3,(H,16,18,19). The van der Waals surface area contributed by atoms with E-state index in [-0.39, 0.29) is 23.6 Å². The van der Waals surface area contributed by atoms with Gasteiger partial charge in [0.05, 0.1) is 6.04 Å². The predicted molar refractivity (Wildman–Crippen MR) is 70.6 cm³/mol. The molecule has 1 heterocycles. The lowest BCUT2D eigenvalue weighted by Gasteiger charge is -2.26. The number of amides is 2. The first-order chi connectivity index (χ1) is 8.97. The lowest BCUT2D eigenvalue weighted by atomic mass is 10.0. The fraction of sp³-hybridized carbons (Fsp3) is 0.429. The van der Waals surface area contributed by atoms with E-state index in [0.717, 1.165) is 11.1 Å². The number of aromatic hydroxyl groups is 1. The number of carbonyl (C=O) groups excluding carboxylic acids is 2. The third kappa shape index (κ3) is 3.12. The van der Waals surface area contributed by atoms with Gasteiger partial charge < -0.3 is 5.11 Å². The van der Waals surface area contributed by atoms with E-state index in [0.29, 0.717) is 12.8 Å². The van der Waals surface area contributed by atoms with E-state index in [4.69, 9.17) is 0 Å². The number of piperidine rings is 1. The summed E-state index contributed by atoms with van der Waals surface area (Å²) >= 11 is 0. The zero-order chi connectivity index (χ0) is 14.0. The molecule has 0 saturated carbocycles. The van der Waals surface area contributed by atoms with Gasteiger partial charge >= 0.3 is 0 Å². The quantitative estimate of drug-likeness (QED) is 0.714. The molecule has 1 aliphatic heterocycles. The van der Waals surface area contributed by atoms with E-state index in [9.17, 15) is 14.7 Å². The van der Waals surface area contributed by atoms with Gasteiger partial charge in [-0.3, -0.25) is 20.2 Å². The second-order valence-corrected chi connectivity index (χ2v) is 4.95. The van der Waals surface area contributed by atoms with Crippen molar-refractivity contribution in [3.8, 4) is 5.75 Å². The zero-order valence-electron chi connectivity index (χ0n) is 11.1. The number of phenols is 1. The van der Waals surface area contributed by atoms with Crippen molar-refractivity contribution >= 4 is 11.8 Å². The normalized spacial score (nSPS) is 21.1. The van der Waals surface area contributed by atoms with Gasteiger partial charge in [-0.05, 0) is 26.3 Å². The van der Waals surface area contributed by atoms with Crippen LogP contribution in [0.1, 0.15) is 36.9 Å². The van der Waals surface area contributed by atoms with Crippen molar-refractivity contribution < 1.29 is 14.7 Å². The maximum atomic E-state index is 11.7. The van der Waals surface area contributed by atoms with Crippen molar-refractivity contribution in [2.45, 2.75) is 38.8 Å². The van der Waals surface area contributed by atoms with Crippen molar-refractivity contribution in [1.82, 2.24) is 10.6 Å². The third-order valence-corrected chi connectivity index (χ3v) is 3.34. The van der Waals surface area contributed by atoms with Gasteiger partial charge in [-0.1, -0.05) is 17.7 Å².